The van der Waals surface area contributed by atoms with Gasteiger partial charge in [0.2, 0.25) is 0 Å². The summed E-state index contributed by atoms with van der Waals surface area (Å²) in [4.78, 5) is 1.35. The highest BCUT2D eigenvalue weighted by Gasteiger charge is 2.32. The molecule has 2 atom stereocenters. The van der Waals surface area contributed by atoms with Gasteiger partial charge < -0.3 is 0 Å². The first-order valence-electron chi connectivity index (χ1n) is 8.80. The summed E-state index contributed by atoms with van der Waals surface area (Å²) in [6.45, 7) is 0. The Labute approximate surface area is 163 Å². The van der Waals surface area contributed by atoms with Crippen LogP contribution < -0.4 is 0 Å². The molecule has 2 aliphatic rings. The van der Waals surface area contributed by atoms with E-state index in [1.165, 1.54) is 32.7 Å². The number of benzene rings is 3. The minimum Gasteiger partial charge on any atom is -0.117 e. The van der Waals surface area contributed by atoms with Crippen molar-refractivity contribution in [2.75, 3.05) is 0 Å². The Morgan fingerprint density at radius 2 is 1.58 bits per heavy atom. The van der Waals surface area contributed by atoms with E-state index in [1.54, 1.807) is 0 Å². The standard InChI is InChI=1S/C24H17ClS/c25-18-11-13-23-22(15-18)21-12-10-17(14-24(21)26-23)20-9-5-4-8-19(20)16-6-2-1-3-7-16/h1-15,21,24H. The summed E-state index contributed by atoms with van der Waals surface area (Å²) in [6.07, 6.45) is 7.04. The Hall–Kier alpha value is -2.22. The van der Waals surface area contributed by atoms with E-state index in [9.17, 15) is 0 Å². The van der Waals surface area contributed by atoms with Crippen LogP contribution in [0, 0.1) is 0 Å². The van der Waals surface area contributed by atoms with Crippen LogP contribution >= 0.6 is 23.4 Å². The van der Waals surface area contributed by atoms with Crippen LogP contribution in [0.25, 0.3) is 16.7 Å². The van der Waals surface area contributed by atoms with Crippen LogP contribution in [0.1, 0.15) is 17.0 Å². The van der Waals surface area contributed by atoms with Crippen molar-refractivity contribution in [3.05, 3.63) is 107 Å². The molecule has 0 fully saturated rings. The summed E-state index contributed by atoms with van der Waals surface area (Å²) in [7, 11) is 0. The molecule has 5 rings (SSSR count). The number of hydrogen-bond acceptors (Lipinski definition) is 1. The molecule has 1 aliphatic carbocycles. The third-order valence-electron chi connectivity index (χ3n) is 5.10. The third kappa shape index (κ3) is 2.72. The zero-order chi connectivity index (χ0) is 17.5. The molecular weight excluding hydrogens is 356 g/mol. The molecule has 0 radical (unpaired) electrons. The molecule has 0 amide bonds. The van der Waals surface area contributed by atoms with Gasteiger partial charge in [0.1, 0.15) is 0 Å². The summed E-state index contributed by atoms with van der Waals surface area (Å²) in [6, 6.07) is 25.6. The van der Waals surface area contributed by atoms with Crippen LogP contribution in [0.15, 0.2) is 95.9 Å². The molecule has 1 heterocycles. The quantitative estimate of drug-likeness (QED) is 0.457. The van der Waals surface area contributed by atoms with Crippen LogP contribution in [0.5, 0.6) is 0 Å². The molecule has 26 heavy (non-hydrogen) atoms. The van der Waals surface area contributed by atoms with Crippen molar-refractivity contribution < 1.29 is 0 Å². The maximum atomic E-state index is 6.22. The third-order valence-corrected chi connectivity index (χ3v) is 6.66. The molecule has 0 bridgehead atoms. The van der Waals surface area contributed by atoms with Gasteiger partial charge in [-0.25, -0.2) is 0 Å². The van der Waals surface area contributed by atoms with Crippen molar-refractivity contribution in [1.29, 1.82) is 0 Å². The summed E-state index contributed by atoms with van der Waals surface area (Å²) in [5.41, 5.74) is 6.50. The lowest BCUT2D eigenvalue weighted by molar-refractivity contribution is 0.884. The number of rotatable bonds is 2. The Morgan fingerprint density at radius 3 is 2.42 bits per heavy atom. The molecule has 0 nitrogen and oxygen atoms in total. The molecular formula is C24H17ClS. The molecule has 2 heteroatoms. The molecule has 3 aromatic rings. The van der Waals surface area contributed by atoms with Gasteiger partial charge in [0, 0.05) is 21.1 Å². The van der Waals surface area contributed by atoms with Crippen molar-refractivity contribution in [2.24, 2.45) is 0 Å². The number of thioether (sulfide) groups is 1. The fraction of sp³-hybridized carbons (Fsp3) is 0.0833. The lowest BCUT2D eigenvalue weighted by Crippen LogP contribution is -2.09. The van der Waals surface area contributed by atoms with Crippen molar-refractivity contribution in [1.82, 2.24) is 0 Å². The van der Waals surface area contributed by atoms with Crippen LogP contribution in [0.2, 0.25) is 5.02 Å². The maximum Gasteiger partial charge on any atom is 0.0409 e. The Bertz CT molecular complexity index is 1030. The minimum absolute atomic E-state index is 0.418. The second-order valence-corrected chi connectivity index (χ2v) is 8.34. The minimum atomic E-state index is 0.418. The number of halogens is 1. The van der Waals surface area contributed by atoms with Gasteiger partial charge in [-0.3, -0.25) is 0 Å². The van der Waals surface area contributed by atoms with E-state index in [-0.39, 0.29) is 0 Å². The van der Waals surface area contributed by atoms with E-state index < -0.39 is 0 Å². The van der Waals surface area contributed by atoms with Crippen molar-refractivity contribution in [2.45, 2.75) is 16.1 Å². The Morgan fingerprint density at radius 1 is 0.808 bits per heavy atom. The first-order valence-corrected chi connectivity index (χ1v) is 10.1. The Balaban J connectivity index is 1.55. The van der Waals surface area contributed by atoms with Gasteiger partial charge in [-0.2, -0.15) is 0 Å². The average Bonchev–Trinajstić information content (AvgIpc) is 3.05. The fourth-order valence-corrected chi connectivity index (χ4v) is 5.41. The van der Waals surface area contributed by atoms with Crippen molar-refractivity contribution in [3.63, 3.8) is 0 Å². The van der Waals surface area contributed by atoms with Crippen LogP contribution in [-0.4, -0.2) is 5.25 Å². The van der Waals surface area contributed by atoms with Crippen molar-refractivity contribution in [3.8, 4) is 11.1 Å². The Kier molecular flexibility index (Phi) is 4.00. The molecule has 1 aliphatic heterocycles. The smallest absolute Gasteiger partial charge is 0.0409 e. The van der Waals surface area contributed by atoms with Gasteiger partial charge >= 0.3 is 0 Å². The zero-order valence-electron chi connectivity index (χ0n) is 14.1. The van der Waals surface area contributed by atoms with E-state index in [1.807, 2.05) is 17.8 Å². The lowest BCUT2D eigenvalue weighted by atomic mass is 9.86. The largest absolute Gasteiger partial charge is 0.117 e. The number of fused-ring (bicyclic) bond motifs is 3. The number of hydrogen-bond donors (Lipinski definition) is 0. The van der Waals surface area contributed by atoms with Gasteiger partial charge in [-0.05, 0) is 46.0 Å². The second kappa shape index (κ2) is 6.50. The fourth-order valence-electron chi connectivity index (χ4n) is 3.86. The summed E-state index contributed by atoms with van der Waals surface area (Å²) in [5, 5.41) is 1.26. The average molecular weight is 373 g/mol. The monoisotopic (exact) mass is 372 g/mol. The highest BCUT2D eigenvalue weighted by molar-refractivity contribution is 8.00. The van der Waals surface area contributed by atoms with Crippen LogP contribution in [-0.2, 0) is 0 Å². The highest BCUT2D eigenvalue weighted by Crippen LogP contribution is 2.50. The molecule has 126 valence electrons. The van der Waals surface area contributed by atoms with Crippen LogP contribution in [0.4, 0.5) is 0 Å². The summed E-state index contributed by atoms with van der Waals surface area (Å²) >= 11 is 8.16. The van der Waals surface area contributed by atoms with E-state index in [0.717, 1.165) is 5.02 Å². The van der Waals surface area contributed by atoms with E-state index in [2.05, 4.69) is 85.0 Å². The second-order valence-electron chi connectivity index (χ2n) is 6.68. The number of allylic oxidation sites excluding steroid dienone is 3. The topological polar surface area (TPSA) is 0 Å². The van der Waals surface area contributed by atoms with Gasteiger partial charge in [-0.1, -0.05) is 84.4 Å². The molecule has 0 aromatic heterocycles. The molecule has 0 saturated carbocycles. The first-order chi connectivity index (χ1) is 12.8. The van der Waals surface area contributed by atoms with Gasteiger partial charge in [0.05, 0.1) is 0 Å². The first kappa shape index (κ1) is 16.0. The molecule has 2 unspecified atom stereocenters. The zero-order valence-corrected chi connectivity index (χ0v) is 15.7. The summed E-state index contributed by atoms with van der Waals surface area (Å²) in [5.74, 6) is 0.418. The van der Waals surface area contributed by atoms with Gasteiger partial charge in [-0.15, -0.1) is 11.8 Å². The lowest BCUT2D eigenvalue weighted by Gasteiger charge is -2.20. The van der Waals surface area contributed by atoms with Crippen LogP contribution in [0.3, 0.4) is 0 Å². The predicted octanol–water partition coefficient (Wildman–Crippen LogP) is 7.22. The maximum absolute atomic E-state index is 6.22. The molecule has 3 aromatic carbocycles. The molecule has 0 saturated heterocycles. The molecule has 0 spiro atoms. The van der Waals surface area contributed by atoms with E-state index in [4.69, 9.17) is 11.6 Å². The predicted molar refractivity (Wildman–Crippen MR) is 113 cm³/mol. The van der Waals surface area contributed by atoms with Gasteiger partial charge in [0.15, 0.2) is 0 Å². The summed E-state index contributed by atoms with van der Waals surface area (Å²) < 4.78 is 0. The highest BCUT2D eigenvalue weighted by atomic mass is 35.5. The SMILES string of the molecule is Clc1ccc2c(c1)C1C=CC(c3ccccc3-c3ccccc3)=CC1S2. The van der Waals surface area contributed by atoms with E-state index >= 15 is 0 Å². The van der Waals surface area contributed by atoms with Crippen molar-refractivity contribution >= 4 is 28.9 Å². The normalized spacial score (nSPS) is 20.4. The molecule has 0 N–H and O–H groups in total. The van der Waals surface area contributed by atoms with Gasteiger partial charge in [0.25, 0.3) is 0 Å². The van der Waals surface area contributed by atoms with E-state index in [0.29, 0.717) is 11.2 Å².